The minimum Gasteiger partial charge on any atom is -0.386 e. The molecule has 0 saturated carbocycles. The molecular formula is C13H22N2O2. The van der Waals surface area contributed by atoms with Crippen molar-refractivity contribution in [3.05, 3.63) is 18.2 Å². The number of hydrogen-bond donors (Lipinski definition) is 1. The Morgan fingerprint density at radius 1 is 1.47 bits per heavy atom. The van der Waals surface area contributed by atoms with E-state index in [9.17, 15) is 5.11 Å². The number of aliphatic hydroxyl groups is 1. The first-order valence-electron chi connectivity index (χ1n) is 6.07. The van der Waals surface area contributed by atoms with Crippen molar-refractivity contribution in [3.8, 4) is 0 Å². The highest BCUT2D eigenvalue weighted by molar-refractivity contribution is 5.08. The maximum atomic E-state index is 10.4. The van der Waals surface area contributed by atoms with E-state index in [4.69, 9.17) is 4.74 Å². The van der Waals surface area contributed by atoms with Crippen molar-refractivity contribution in [1.29, 1.82) is 0 Å². The highest BCUT2D eigenvalue weighted by Crippen LogP contribution is 2.47. The van der Waals surface area contributed by atoms with Crippen molar-refractivity contribution < 1.29 is 9.84 Å². The van der Waals surface area contributed by atoms with E-state index < -0.39 is 6.10 Å². The number of ether oxygens (including phenoxy) is 1. The molecule has 0 amide bonds. The molecule has 17 heavy (non-hydrogen) atoms. The summed E-state index contributed by atoms with van der Waals surface area (Å²) >= 11 is 0. The average Bonchev–Trinajstić information content (AvgIpc) is 2.66. The van der Waals surface area contributed by atoms with Gasteiger partial charge in [0, 0.05) is 19.2 Å². The molecule has 0 aliphatic carbocycles. The standard InChI is InChI=1S/C13H22N2O2/c1-12(2)6-9(13(3,4)17-12)11(16)10-7-15(5)8-14-10/h7-9,11,16H,6H2,1-5H3. The normalized spacial score (nSPS) is 28.2. The molecule has 0 bridgehead atoms. The van der Waals surface area contributed by atoms with Crippen LogP contribution in [-0.4, -0.2) is 25.9 Å². The third-order valence-electron chi connectivity index (χ3n) is 3.55. The van der Waals surface area contributed by atoms with Crippen LogP contribution >= 0.6 is 0 Å². The lowest BCUT2D eigenvalue weighted by Gasteiger charge is -2.29. The number of aryl methyl sites for hydroxylation is 1. The summed E-state index contributed by atoms with van der Waals surface area (Å²) in [5.74, 6) is 0.0763. The second kappa shape index (κ2) is 3.82. The number of rotatable bonds is 2. The van der Waals surface area contributed by atoms with Crippen molar-refractivity contribution in [1.82, 2.24) is 9.55 Å². The van der Waals surface area contributed by atoms with E-state index in [-0.39, 0.29) is 17.1 Å². The zero-order valence-electron chi connectivity index (χ0n) is 11.3. The smallest absolute Gasteiger partial charge is 0.103 e. The Hall–Kier alpha value is -0.870. The molecule has 1 aliphatic rings. The molecule has 0 radical (unpaired) electrons. The van der Waals surface area contributed by atoms with E-state index in [1.807, 2.05) is 31.7 Å². The first-order chi connectivity index (χ1) is 7.71. The number of imidazole rings is 1. The fraction of sp³-hybridized carbons (Fsp3) is 0.769. The zero-order chi connectivity index (χ0) is 12.8. The van der Waals surface area contributed by atoms with E-state index in [1.165, 1.54) is 0 Å². The van der Waals surface area contributed by atoms with Gasteiger partial charge < -0.3 is 14.4 Å². The summed E-state index contributed by atoms with van der Waals surface area (Å²) < 4.78 is 7.86. The van der Waals surface area contributed by atoms with Crippen LogP contribution in [0.15, 0.2) is 12.5 Å². The third-order valence-corrected chi connectivity index (χ3v) is 3.55. The molecule has 1 aliphatic heterocycles. The molecule has 1 fully saturated rings. The molecule has 96 valence electrons. The van der Waals surface area contributed by atoms with Gasteiger partial charge in [-0.25, -0.2) is 4.98 Å². The van der Waals surface area contributed by atoms with Crippen molar-refractivity contribution in [2.75, 3.05) is 0 Å². The van der Waals surface area contributed by atoms with Crippen LogP contribution in [0.25, 0.3) is 0 Å². The molecule has 2 heterocycles. The Bertz CT molecular complexity index is 409. The fourth-order valence-electron chi connectivity index (χ4n) is 2.89. The lowest BCUT2D eigenvalue weighted by molar-refractivity contribution is -0.0883. The Morgan fingerprint density at radius 3 is 2.53 bits per heavy atom. The van der Waals surface area contributed by atoms with Crippen molar-refractivity contribution in [2.45, 2.75) is 51.4 Å². The number of nitrogens with zero attached hydrogens (tertiary/aromatic N) is 2. The number of hydrogen-bond acceptors (Lipinski definition) is 3. The van der Waals surface area contributed by atoms with Crippen molar-refractivity contribution >= 4 is 0 Å². The molecule has 0 spiro atoms. The van der Waals surface area contributed by atoms with Crippen LogP contribution in [0.3, 0.4) is 0 Å². The van der Waals surface area contributed by atoms with Gasteiger partial charge in [-0.05, 0) is 34.1 Å². The monoisotopic (exact) mass is 238 g/mol. The predicted molar refractivity (Wildman–Crippen MR) is 65.5 cm³/mol. The molecule has 2 rings (SSSR count). The topological polar surface area (TPSA) is 47.3 Å². The molecule has 0 aromatic carbocycles. The van der Waals surface area contributed by atoms with E-state index in [1.54, 1.807) is 6.33 Å². The van der Waals surface area contributed by atoms with Crippen molar-refractivity contribution in [3.63, 3.8) is 0 Å². The minimum absolute atomic E-state index is 0.0763. The zero-order valence-corrected chi connectivity index (χ0v) is 11.3. The van der Waals surface area contributed by atoms with Gasteiger partial charge >= 0.3 is 0 Å². The van der Waals surface area contributed by atoms with Crippen LogP contribution in [0.5, 0.6) is 0 Å². The summed E-state index contributed by atoms with van der Waals surface area (Å²) in [7, 11) is 1.91. The van der Waals surface area contributed by atoms with E-state index in [2.05, 4.69) is 18.8 Å². The van der Waals surface area contributed by atoms with E-state index in [0.29, 0.717) is 0 Å². The Balaban J connectivity index is 2.23. The molecule has 2 atom stereocenters. The lowest BCUT2D eigenvalue weighted by Crippen LogP contribution is -2.32. The summed E-state index contributed by atoms with van der Waals surface area (Å²) in [6, 6.07) is 0. The Kier molecular flexibility index (Phi) is 2.83. The molecular weight excluding hydrogens is 216 g/mol. The SMILES string of the molecule is Cn1cnc(C(O)C2CC(C)(C)OC2(C)C)c1. The first kappa shape index (κ1) is 12.6. The van der Waals surface area contributed by atoms with Gasteiger partial charge in [0.15, 0.2) is 0 Å². The van der Waals surface area contributed by atoms with Gasteiger partial charge in [-0.2, -0.15) is 0 Å². The van der Waals surface area contributed by atoms with Gasteiger partial charge in [0.1, 0.15) is 6.10 Å². The van der Waals surface area contributed by atoms with Crippen LogP contribution < -0.4 is 0 Å². The number of aliphatic hydroxyl groups excluding tert-OH is 1. The van der Waals surface area contributed by atoms with Crippen LogP contribution in [0.1, 0.15) is 45.9 Å². The van der Waals surface area contributed by atoms with Gasteiger partial charge in [-0.3, -0.25) is 0 Å². The molecule has 1 saturated heterocycles. The average molecular weight is 238 g/mol. The Morgan fingerprint density at radius 2 is 2.12 bits per heavy atom. The third kappa shape index (κ3) is 2.38. The summed E-state index contributed by atoms with van der Waals surface area (Å²) in [5.41, 5.74) is 0.233. The molecule has 1 aromatic heterocycles. The van der Waals surface area contributed by atoms with E-state index in [0.717, 1.165) is 12.1 Å². The summed E-state index contributed by atoms with van der Waals surface area (Å²) in [4.78, 5) is 4.23. The van der Waals surface area contributed by atoms with Gasteiger partial charge in [0.05, 0.1) is 23.2 Å². The summed E-state index contributed by atoms with van der Waals surface area (Å²) in [5, 5.41) is 10.4. The molecule has 1 aromatic rings. The fourth-order valence-corrected chi connectivity index (χ4v) is 2.89. The van der Waals surface area contributed by atoms with Gasteiger partial charge in [-0.1, -0.05) is 0 Å². The van der Waals surface area contributed by atoms with Gasteiger partial charge in [0.2, 0.25) is 0 Å². The summed E-state index contributed by atoms with van der Waals surface area (Å²) in [6.45, 7) is 8.22. The lowest BCUT2D eigenvalue weighted by atomic mass is 9.82. The van der Waals surface area contributed by atoms with Crippen LogP contribution in [0, 0.1) is 5.92 Å². The second-order valence-corrected chi connectivity index (χ2v) is 6.18. The van der Waals surface area contributed by atoms with Gasteiger partial charge in [-0.15, -0.1) is 0 Å². The van der Waals surface area contributed by atoms with Crippen LogP contribution in [0.4, 0.5) is 0 Å². The number of aromatic nitrogens is 2. The van der Waals surface area contributed by atoms with Gasteiger partial charge in [0.25, 0.3) is 0 Å². The molecule has 4 heteroatoms. The van der Waals surface area contributed by atoms with Crippen LogP contribution in [-0.2, 0) is 11.8 Å². The molecule has 4 nitrogen and oxygen atoms in total. The largest absolute Gasteiger partial charge is 0.386 e. The van der Waals surface area contributed by atoms with Crippen LogP contribution in [0.2, 0.25) is 0 Å². The summed E-state index contributed by atoms with van der Waals surface area (Å²) in [6.07, 6.45) is 3.86. The quantitative estimate of drug-likeness (QED) is 0.857. The van der Waals surface area contributed by atoms with Crippen molar-refractivity contribution in [2.24, 2.45) is 13.0 Å². The second-order valence-electron chi connectivity index (χ2n) is 6.18. The molecule has 2 unspecified atom stereocenters. The Labute approximate surface area is 103 Å². The maximum Gasteiger partial charge on any atom is 0.103 e. The first-order valence-corrected chi connectivity index (χ1v) is 6.07. The highest BCUT2D eigenvalue weighted by Gasteiger charge is 2.49. The highest BCUT2D eigenvalue weighted by atomic mass is 16.5. The van der Waals surface area contributed by atoms with E-state index >= 15 is 0 Å². The molecule has 1 N–H and O–H groups in total. The maximum absolute atomic E-state index is 10.4. The predicted octanol–water partition coefficient (Wildman–Crippen LogP) is 2.05. The minimum atomic E-state index is -0.562.